The molecular formula is C16H22ClNO5S. The lowest BCUT2D eigenvalue weighted by Crippen LogP contribution is -2.48. The first-order chi connectivity index (χ1) is 11.3. The molecule has 1 aliphatic heterocycles. The van der Waals surface area contributed by atoms with E-state index in [9.17, 15) is 13.2 Å². The molecule has 24 heavy (non-hydrogen) atoms. The molecule has 0 bridgehead atoms. The van der Waals surface area contributed by atoms with Crippen LogP contribution in [0.15, 0.2) is 23.1 Å². The first-order valence-corrected chi connectivity index (χ1v) is 9.69. The van der Waals surface area contributed by atoms with E-state index in [1.165, 1.54) is 22.5 Å². The maximum absolute atomic E-state index is 12.9. The molecule has 1 heterocycles. The van der Waals surface area contributed by atoms with Gasteiger partial charge in [-0.15, -0.1) is 0 Å². The fraction of sp³-hybridized carbons (Fsp3) is 0.562. The van der Waals surface area contributed by atoms with Gasteiger partial charge in [-0.2, -0.15) is 4.31 Å². The topological polar surface area (TPSA) is 72.9 Å². The van der Waals surface area contributed by atoms with Crippen LogP contribution in [-0.2, 0) is 19.5 Å². The van der Waals surface area contributed by atoms with E-state index >= 15 is 0 Å². The molecule has 1 fully saturated rings. The highest BCUT2D eigenvalue weighted by Gasteiger charge is 2.33. The predicted molar refractivity (Wildman–Crippen MR) is 90.8 cm³/mol. The third-order valence-corrected chi connectivity index (χ3v) is 5.92. The number of hydrogen-bond donors (Lipinski definition) is 0. The van der Waals surface area contributed by atoms with Crippen molar-refractivity contribution < 1.29 is 22.7 Å². The van der Waals surface area contributed by atoms with Gasteiger partial charge in [-0.25, -0.2) is 13.2 Å². The molecule has 8 heteroatoms. The van der Waals surface area contributed by atoms with Crippen LogP contribution < -0.4 is 0 Å². The summed E-state index contributed by atoms with van der Waals surface area (Å²) in [5.74, 6) is -0.561. The number of carbonyl (C=O) groups excluding carboxylic acids is 1. The van der Waals surface area contributed by atoms with Crippen LogP contribution in [0.4, 0.5) is 0 Å². The maximum atomic E-state index is 12.9. The Balaban J connectivity index is 2.34. The Hall–Kier alpha value is -1.15. The van der Waals surface area contributed by atoms with Crippen LogP contribution in [0.5, 0.6) is 0 Å². The van der Waals surface area contributed by atoms with Crippen molar-refractivity contribution in [2.75, 3.05) is 19.7 Å². The van der Waals surface area contributed by atoms with E-state index in [0.29, 0.717) is 6.42 Å². The first-order valence-electron chi connectivity index (χ1n) is 7.88. The number of halogens is 1. The fourth-order valence-corrected chi connectivity index (χ4v) is 4.66. The number of nitrogens with zero attached hydrogens (tertiary/aromatic N) is 1. The largest absolute Gasteiger partial charge is 0.462 e. The minimum Gasteiger partial charge on any atom is -0.462 e. The number of ether oxygens (including phenoxy) is 2. The summed E-state index contributed by atoms with van der Waals surface area (Å²) < 4.78 is 37.8. The van der Waals surface area contributed by atoms with E-state index in [1.807, 2.05) is 20.8 Å². The quantitative estimate of drug-likeness (QED) is 0.740. The Morgan fingerprint density at radius 1 is 1.33 bits per heavy atom. The van der Waals surface area contributed by atoms with Gasteiger partial charge in [0.25, 0.3) is 0 Å². The average Bonchev–Trinajstić information content (AvgIpc) is 2.51. The lowest BCUT2D eigenvalue weighted by Gasteiger charge is -2.34. The Morgan fingerprint density at radius 3 is 2.54 bits per heavy atom. The van der Waals surface area contributed by atoms with Gasteiger partial charge < -0.3 is 9.47 Å². The predicted octanol–water partition coefficient (Wildman–Crippen LogP) is 2.70. The van der Waals surface area contributed by atoms with Gasteiger partial charge in [0, 0.05) is 13.1 Å². The lowest BCUT2D eigenvalue weighted by molar-refractivity contribution is -0.0440. The zero-order chi connectivity index (χ0) is 17.9. The van der Waals surface area contributed by atoms with E-state index in [2.05, 4.69) is 0 Å². The third-order valence-electron chi connectivity index (χ3n) is 3.61. The van der Waals surface area contributed by atoms with E-state index in [-0.39, 0.29) is 47.4 Å². The lowest BCUT2D eigenvalue weighted by atomic mass is 10.2. The highest BCUT2D eigenvalue weighted by Crippen LogP contribution is 2.28. The molecule has 0 aliphatic carbocycles. The van der Waals surface area contributed by atoms with Crippen LogP contribution in [0.2, 0.25) is 5.02 Å². The molecule has 0 N–H and O–H groups in total. The summed E-state index contributed by atoms with van der Waals surface area (Å²) in [7, 11) is -3.82. The number of sulfonamides is 1. The van der Waals surface area contributed by atoms with Crippen LogP contribution in [-0.4, -0.2) is 50.6 Å². The second-order valence-electron chi connectivity index (χ2n) is 5.86. The molecule has 2 unspecified atom stereocenters. The summed E-state index contributed by atoms with van der Waals surface area (Å²) in [6.07, 6.45) is 0.272. The molecular weight excluding hydrogens is 354 g/mol. The highest BCUT2D eigenvalue weighted by atomic mass is 35.5. The standard InChI is InChI=1S/C16H22ClNO5S/c1-4-7-22-16(19)13-5-6-14(17)15(8-13)24(20,21)18-9-11(2)23-12(3)10-18/h5-6,8,11-12H,4,7,9-10H2,1-3H3. The minimum absolute atomic E-state index is 0.0776. The van der Waals surface area contributed by atoms with Crippen molar-refractivity contribution in [3.63, 3.8) is 0 Å². The normalized spacial score (nSPS) is 22.3. The molecule has 2 atom stereocenters. The molecule has 1 aromatic carbocycles. The Labute approximate surface area is 147 Å². The first kappa shape index (κ1) is 19.2. The molecule has 0 aromatic heterocycles. The van der Waals surface area contributed by atoms with Crippen LogP contribution in [0.25, 0.3) is 0 Å². The van der Waals surface area contributed by atoms with Gasteiger partial charge in [0.15, 0.2) is 0 Å². The smallest absolute Gasteiger partial charge is 0.338 e. The van der Waals surface area contributed by atoms with Crippen molar-refractivity contribution in [2.24, 2.45) is 0 Å². The monoisotopic (exact) mass is 375 g/mol. The van der Waals surface area contributed by atoms with Crippen molar-refractivity contribution >= 4 is 27.6 Å². The number of carbonyl (C=O) groups is 1. The number of morpholine rings is 1. The fourth-order valence-electron chi connectivity index (χ4n) is 2.57. The van der Waals surface area contributed by atoms with Crippen molar-refractivity contribution in [3.05, 3.63) is 28.8 Å². The highest BCUT2D eigenvalue weighted by molar-refractivity contribution is 7.89. The van der Waals surface area contributed by atoms with Gasteiger partial charge in [-0.3, -0.25) is 0 Å². The number of esters is 1. The molecule has 1 aliphatic rings. The summed E-state index contributed by atoms with van der Waals surface area (Å²) in [6, 6.07) is 4.15. The van der Waals surface area contributed by atoms with Gasteiger partial charge in [-0.05, 0) is 38.5 Å². The van der Waals surface area contributed by atoms with Crippen LogP contribution >= 0.6 is 11.6 Å². The molecule has 134 valence electrons. The molecule has 1 saturated heterocycles. The zero-order valence-electron chi connectivity index (χ0n) is 14.0. The van der Waals surface area contributed by atoms with Crippen molar-refractivity contribution in [2.45, 2.75) is 44.3 Å². The van der Waals surface area contributed by atoms with Gasteiger partial charge in [-0.1, -0.05) is 18.5 Å². The molecule has 0 saturated carbocycles. The summed E-state index contributed by atoms with van der Waals surface area (Å²) >= 11 is 6.09. The van der Waals surface area contributed by atoms with E-state index in [4.69, 9.17) is 21.1 Å². The molecule has 1 aromatic rings. The van der Waals surface area contributed by atoms with Crippen LogP contribution in [0, 0.1) is 0 Å². The minimum atomic E-state index is -3.82. The van der Waals surface area contributed by atoms with Gasteiger partial charge in [0.05, 0.1) is 29.4 Å². The molecule has 0 spiro atoms. The number of benzene rings is 1. The Kier molecular flexibility index (Phi) is 6.25. The second kappa shape index (κ2) is 7.82. The Bertz CT molecular complexity index is 696. The van der Waals surface area contributed by atoms with E-state index < -0.39 is 16.0 Å². The summed E-state index contributed by atoms with van der Waals surface area (Å²) in [5.41, 5.74) is 0.167. The summed E-state index contributed by atoms with van der Waals surface area (Å²) in [6.45, 7) is 6.28. The number of hydrogen-bond acceptors (Lipinski definition) is 5. The van der Waals surface area contributed by atoms with Crippen LogP contribution in [0.1, 0.15) is 37.6 Å². The van der Waals surface area contributed by atoms with Gasteiger partial charge >= 0.3 is 5.97 Å². The second-order valence-corrected chi connectivity index (χ2v) is 8.17. The maximum Gasteiger partial charge on any atom is 0.338 e. The molecule has 0 amide bonds. The van der Waals surface area contributed by atoms with Gasteiger partial charge in [0.2, 0.25) is 10.0 Å². The van der Waals surface area contributed by atoms with Crippen LogP contribution in [0.3, 0.4) is 0 Å². The van der Waals surface area contributed by atoms with Gasteiger partial charge in [0.1, 0.15) is 4.90 Å². The molecule has 6 nitrogen and oxygen atoms in total. The summed E-state index contributed by atoms with van der Waals surface area (Å²) in [4.78, 5) is 11.9. The third kappa shape index (κ3) is 4.27. The van der Waals surface area contributed by atoms with Crippen molar-refractivity contribution in [1.82, 2.24) is 4.31 Å². The zero-order valence-corrected chi connectivity index (χ0v) is 15.6. The Morgan fingerprint density at radius 2 is 1.96 bits per heavy atom. The molecule has 2 rings (SSSR count). The SMILES string of the molecule is CCCOC(=O)c1ccc(Cl)c(S(=O)(=O)N2CC(C)OC(C)C2)c1. The summed E-state index contributed by atoms with van der Waals surface area (Å²) in [5, 5.41) is 0.0776. The van der Waals surface area contributed by atoms with Crippen molar-refractivity contribution in [3.8, 4) is 0 Å². The van der Waals surface area contributed by atoms with E-state index in [1.54, 1.807) is 0 Å². The average molecular weight is 376 g/mol. The molecule has 0 radical (unpaired) electrons. The van der Waals surface area contributed by atoms with E-state index in [0.717, 1.165) is 0 Å². The number of rotatable bonds is 5. The van der Waals surface area contributed by atoms with Crippen molar-refractivity contribution in [1.29, 1.82) is 0 Å².